The Morgan fingerprint density at radius 1 is 1.16 bits per heavy atom. The van der Waals surface area contributed by atoms with Crippen LogP contribution in [-0.4, -0.2) is 41.7 Å². The molecule has 2 unspecified atom stereocenters. The van der Waals surface area contributed by atoms with Gasteiger partial charge < -0.3 is 15.7 Å². The van der Waals surface area contributed by atoms with Crippen molar-refractivity contribution in [2.45, 2.75) is 57.4 Å². The summed E-state index contributed by atoms with van der Waals surface area (Å²) in [7, 11) is 0. The minimum Gasteiger partial charge on any atom is -0.395 e. The molecule has 4 heteroatoms. The van der Waals surface area contributed by atoms with E-state index in [1.165, 1.54) is 19.3 Å². The van der Waals surface area contributed by atoms with E-state index < -0.39 is 0 Å². The highest BCUT2D eigenvalue weighted by Gasteiger charge is 2.33. The van der Waals surface area contributed by atoms with Crippen molar-refractivity contribution in [3.63, 3.8) is 0 Å². The molecule has 0 spiro atoms. The molecule has 0 aromatic heterocycles. The van der Waals surface area contributed by atoms with Crippen LogP contribution in [0.25, 0.3) is 0 Å². The van der Waals surface area contributed by atoms with Crippen LogP contribution in [0.3, 0.4) is 0 Å². The van der Waals surface area contributed by atoms with E-state index in [1.807, 2.05) is 4.90 Å². The minimum atomic E-state index is 0.0786. The number of nitrogens with two attached hydrogens (primary N) is 1. The molecule has 4 nitrogen and oxygen atoms in total. The van der Waals surface area contributed by atoms with Gasteiger partial charge in [-0.15, -0.1) is 0 Å². The maximum atomic E-state index is 12.7. The van der Waals surface area contributed by atoms with Crippen molar-refractivity contribution >= 4 is 5.91 Å². The lowest BCUT2D eigenvalue weighted by Gasteiger charge is -2.35. The van der Waals surface area contributed by atoms with Gasteiger partial charge in [-0.25, -0.2) is 0 Å². The van der Waals surface area contributed by atoms with Crippen LogP contribution in [0.2, 0.25) is 0 Å². The second kappa shape index (κ2) is 7.25. The van der Waals surface area contributed by atoms with Crippen molar-refractivity contribution in [1.29, 1.82) is 0 Å². The quantitative estimate of drug-likeness (QED) is 0.794. The number of rotatable bonds is 5. The van der Waals surface area contributed by atoms with Gasteiger partial charge in [-0.1, -0.05) is 19.3 Å². The highest BCUT2D eigenvalue weighted by atomic mass is 16.3. The van der Waals surface area contributed by atoms with E-state index in [4.69, 9.17) is 5.73 Å². The molecule has 2 saturated carbocycles. The number of hydrogen-bond acceptors (Lipinski definition) is 3. The summed E-state index contributed by atoms with van der Waals surface area (Å²) in [6.45, 7) is 1.29. The first-order valence-corrected chi connectivity index (χ1v) is 7.87. The van der Waals surface area contributed by atoms with Crippen molar-refractivity contribution in [2.24, 2.45) is 17.6 Å². The van der Waals surface area contributed by atoms with Crippen LogP contribution in [0.4, 0.5) is 0 Å². The Labute approximate surface area is 116 Å². The molecule has 1 amide bonds. The molecule has 3 N–H and O–H groups in total. The molecule has 0 aliphatic heterocycles. The second-order valence-corrected chi connectivity index (χ2v) is 6.16. The molecule has 0 saturated heterocycles. The standard InChI is InChI=1S/C15H28N2O2/c16-11-12-4-3-5-13(10-12)15(19)17(8-9-18)14-6-1-2-7-14/h12-14,18H,1-11,16H2. The molecule has 19 heavy (non-hydrogen) atoms. The maximum Gasteiger partial charge on any atom is 0.226 e. The van der Waals surface area contributed by atoms with Crippen LogP contribution < -0.4 is 5.73 Å². The Morgan fingerprint density at radius 2 is 1.89 bits per heavy atom. The number of aliphatic hydroxyl groups is 1. The van der Waals surface area contributed by atoms with E-state index >= 15 is 0 Å². The Hall–Kier alpha value is -0.610. The minimum absolute atomic E-state index is 0.0786. The summed E-state index contributed by atoms with van der Waals surface area (Å²) in [6, 6.07) is 0.373. The van der Waals surface area contributed by atoms with Gasteiger partial charge in [0.15, 0.2) is 0 Å². The molecule has 2 aliphatic carbocycles. The van der Waals surface area contributed by atoms with E-state index in [9.17, 15) is 9.90 Å². The normalized spacial score (nSPS) is 28.5. The topological polar surface area (TPSA) is 66.6 Å². The van der Waals surface area contributed by atoms with E-state index in [2.05, 4.69) is 0 Å². The third kappa shape index (κ3) is 3.69. The molecule has 0 bridgehead atoms. The summed E-state index contributed by atoms with van der Waals surface area (Å²) in [5.74, 6) is 0.941. The molecule has 2 aliphatic rings. The van der Waals surface area contributed by atoms with Crippen LogP contribution in [-0.2, 0) is 4.79 Å². The summed E-state index contributed by atoms with van der Waals surface area (Å²) in [5, 5.41) is 9.23. The monoisotopic (exact) mass is 268 g/mol. The number of carbonyl (C=O) groups is 1. The number of nitrogens with zero attached hydrogens (tertiary/aromatic N) is 1. The first-order valence-electron chi connectivity index (χ1n) is 7.87. The zero-order valence-corrected chi connectivity index (χ0v) is 11.9. The molecule has 2 rings (SSSR count). The molecule has 0 heterocycles. The average molecular weight is 268 g/mol. The highest BCUT2D eigenvalue weighted by molar-refractivity contribution is 5.79. The van der Waals surface area contributed by atoms with Gasteiger partial charge in [0.2, 0.25) is 5.91 Å². The summed E-state index contributed by atoms with van der Waals surface area (Å²) in [6.07, 6.45) is 8.90. The second-order valence-electron chi connectivity index (χ2n) is 6.16. The zero-order chi connectivity index (χ0) is 13.7. The third-order valence-corrected chi connectivity index (χ3v) is 4.85. The van der Waals surface area contributed by atoms with Gasteiger partial charge in [0.05, 0.1) is 6.61 Å². The fraction of sp³-hybridized carbons (Fsp3) is 0.933. The van der Waals surface area contributed by atoms with Gasteiger partial charge in [0.25, 0.3) is 0 Å². The Morgan fingerprint density at radius 3 is 2.53 bits per heavy atom. The summed E-state index contributed by atoms with van der Waals surface area (Å²) < 4.78 is 0. The van der Waals surface area contributed by atoms with Crippen LogP contribution in [0, 0.1) is 11.8 Å². The van der Waals surface area contributed by atoms with Crippen molar-refractivity contribution in [1.82, 2.24) is 4.90 Å². The van der Waals surface area contributed by atoms with Crippen LogP contribution in [0.15, 0.2) is 0 Å². The van der Waals surface area contributed by atoms with Gasteiger partial charge in [-0.2, -0.15) is 0 Å². The molecule has 110 valence electrons. The lowest BCUT2D eigenvalue weighted by atomic mass is 9.80. The van der Waals surface area contributed by atoms with E-state index in [0.29, 0.717) is 25.0 Å². The van der Waals surface area contributed by atoms with Gasteiger partial charge >= 0.3 is 0 Å². The lowest BCUT2D eigenvalue weighted by molar-refractivity contribution is -0.140. The van der Waals surface area contributed by atoms with Gasteiger partial charge in [-0.05, 0) is 44.6 Å². The van der Waals surface area contributed by atoms with E-state index in [1.54, 1.807) is 0 Å². The first-order chi connectivity index (χ1) is 9.26. The van der Waals surface area contributed by atoms with Crippen molar-refractivity contribution < 1.29 is 9.90 Å². The SMILES string of the molecule is NCC1CCCC(C(=O)N(CCO)C2CCCC2)C1. The maximum absolute atomic E-state index is 12.7. The van der Waals surface area contributed by atoms with Crippen molar-refractivity contribution in [2.75, 3.05) is 19.7 Å². The van der Waals surface area contributed by atoms with Crippen molar-refractivity contribution in [3.8, 4) is 0 Å². The Kier molecular flexibility index (Phi) is 5.64. The smallest absolute Gasteiger partial charge is 0.226 e. The average Bonchev–Trinajstić information content (AvgIpc) is 2.98. The summed E-state index contributed by atoms with van der Waals surface area (Å²) in [4.78, 5) is 14.7. The van der Waals surface area contributed by atoms with Gasteiger partial charge in [-0.3, -0.25) is 4.79 Å². The van der Waals surface area contributed by atoms with Crippen molar-refractivity contribution in [3.05, 3.63) is 0 Å². The van der Waals surface area contributed by atoms with Gasteiger partial charge in [0.1, 0.15) is 0 Å². The number of hydrogen-bond donors (Lipinski definition) is 2. The number of amides is 1. The summed E-state index contributed by atoms with van der Waals surface area (Å²) in [5.41, 5.74) is 5.76. The molecule has 0 radical (unpaired) electrons. The third-order valence-electron chi connectivity index (χ3n) is 4.85. The highest BCUT2D eigenvalue weighted by Crippen LogP contribution is 2.32. The molecule has 0 aromatic carbocycles. The van der Waals surface area contributed by atoms with Crippen LogP contribution in [0.1, 0.15) is 51.4 Å². The van der Waals surface area contributed by atoms with Crippen LogP contribution >= 0.6 is 0 Å². The molecule has 0 aromatic rings. The lowest BCUT2D eigenvalue weighted by Crippen LogP contribution is -2.45. The number of carbonyl (C=O) groups excluding carboxylic acids is 1. The first kappa shape index (κ1) is 14.8. The predicted octanol–water partition coefficient (Wildman–Crippen LogP) is 1.51. The Balaban J connectivity index is 1.97. The summed E-state index contributed by atoms with van der Waals surface area (Å²) >= 11 is 0. The fourth-order valence-corrected chi connectivity index (χ4v) is 3.76. The largest absolute Gasteiger partial charge is 0.395 e. The molecular weight excluding hydrogens is 240 g/mol. The van der Waals surface area contributed by atoms with Gasteiger partial charge in [0, 0.05) is 18.5 Å². The van der Waals surface area contributed by atoms with E-state index in [0.717, 1.165) is 32.1 Å². The molecular formula is C15H28N2O2. The van der Waals surface area contributed by atoms with E-state index in [-0.39, 0.29) is 18.4 Å². The number of aliphatic hydroxyl groups excluding tert-OH is 1. The zero-order valence-electron chi connectivity index (χ0n) is 11.9. The predicted molar refractivity (Wildman–Crippen MR) is 75.6 cm³/mol. The molecule has 2 fully saturated rings. The molecule has 2 atom stereocenters. The Bertz CT molecular complexity index is 290. The fourth-order valence-electron chi connectivity index (χ4n) is 3.76. The van der Waals surface area contributed by atoms with Crippen LogP contribution in [0.5, 0.6) is 0 Å².